The number of aromatic nitrogens is 1. The van der Waals surface area contributed by atoms with Crippen molar-refractivity contribution in [3.63, 3.8) is 0 Å². The molecule has 1 aromatic carbocycles. The summed E-state index contributed by atoms with van der Waals surface area (Å²) in [5.74, 6) is -0.336. The fraction of sp³-hybridized carbons (Fsp3) is 0.0526. The summed E-state index contributed by atoms with van der Waals surface area (Å²) in [5, 5.41) is 19.5. The molecule has 5 rings (SSSR count). The van der Waals surface area contributed by atoms with Gasteiger partial charge in [-0.05, 0) is 46.0 Å². The number of aromatic hydroxyl groups is 1. The van der Waals surface area contributed by atoms with Gasteiger partial charge in [0.25, 0.3) is 5.56 Å². The van der Waals surface area contributed by atoms with Crippen molar-refractivity contribution in [3.05, 3.63) is 74.0 Å². The van der Waals surface area contributed by atoms with Crippen LogP contribution in [0.2, 0.25) is 0 Å². The fourth-order valence-corrected chi connectivity index (χ4v) is 5.93. The highest BCUT2D eigenvalue weighted by molar-refractivity contribution is 8.23. The predicted molar refractivity (Wildman–Crippen MR) is 123 cm³/mol. The second-order valence-corrected chi connectivity index (χ2v) is 9.90. The lowest BCUT2D eigenvalue weighted by Crippen LogP contribution is -2.35. The normalized spacial score (nSPS) is 15.9. The first-order valence-corrected chi connectivity index (χ1v) is 12.1. The average molecular weight is 461 g/mol. The number of benzene rings is 1. The summed E-state index contributed by atoms with van der Waals surface area (Å²) in [6.45, 7) is 0.413. The largest absolute Gasteiger partial charge is 0.505 e. The van der Waals surface area contributed by atoms with Gasteiger partial charge in [0.05, 0.1) is 22.4 Å². The van der Waals surface area contributed by atoms with Crippen molar-refractivity contribution in [2.45, 2.75) is 11.4 Å². The third-order valence-electron chi connectivity index (χ3n) is 4.67. The number of thiophene rings is 2. The van der Waals surface area contributed by atoms with Gasteiger partial charge in [-0.3, -0.25) is 13.9 Å². The average Bonchev–Trinajstić information content (AvgIpc) is 3.40. The molecule has 4 heterocycles. The van der Waals surface area contributed by atoms with Crippen LogP contribution in [0.5, 0.6) is 5.75 Å². The summed E-state index contributed by atoms with van der Waals surface area (Å²) in [7, 11) is -3.52. The number of hydrogen-bond acceptors (Lipinski definition) is 9. The Hall–Kier alpha value is -2.83. The van der Waals surface area contributed by atoms with E-state index in [1.165, 1.54) is 16.0 Å². The molecule has 3 aromatic heterocycles. The van der Waals surface area contributed by atoms with Crippen molar-refractivity contribution in [1.82, 2.24) is 4.68 Å². The Morgan fingerprint density at radius 2 is 2.00 bits per heavy atom. The first kappa shape index (κ1) is 19.2. The molecule has 0 fully saturated rings. The predicted octanol–water partition coefficient (Wildman–Crippen LogP) is 4.47. The van der Waals surface area contributed by atoms with Crippen LogP contribution in [0.25, 0.3) is 10.2 Å². The van der Waals surface area contributed by atoms with Gasteiger partial charge < -0.3 is 15.8 Å². The molecule has 154 valence electrons. The zero-order chi connectivity index (χ0) is 20.9. The van der Waals surface area contributed by atoms with E-state index in [4.69, 9.17) is 0 Å². The number of hydrogen-bond donors (Lipinski definition) is 5. The van der Waals surface area contributed by atoms with Crippen molar-refractivity contribution >= 4 is 55.2 Å². The van der Waals surface area contributed by atoms with Gasteiger partial charge in [0.15, 0.2) is 11.6 Å². The number of pyridine rings is 1. The van der Waals surface area contributed by atoms with E-state index in [0.717, 1.165) is 5.56 Å². The standard InChI is InChI=1S/C19H16N4O4S3/c24-16-15(18-21-12-3-1-2-4-14(12)30(26,27)22-18)19(25)23(13-6-8-29-17(13)16)20-9-11-5-7-28-10-11/h1-8,10,20,24,26-27H,9H2,(H,21,22). The summed E-state index contributed by atoms with van der Waals surface area (Å²) >= 11 is 2.83. The van der Waals surface area contributed by atoms with E-state index in [0.29, 0.717) is 22.4 Å². The molecular formula is C19H16N4O4S3. The SMILES string of the molecule is O=c1c(C2=NS(O)(O)c3ccccc3N2)c(O)c2sccc2n1NCc1ccsc1. The maximum atomic E-state index is 13.4. The fourth-order valence-electron chi connectivity index (χ4n) is 3.27. The van der Waals surface area contributed by atoms with Gasteiger partial charge in [-0.15, -0.1) is 15.7 Å². The molecule has 0 radical (unpaired) electrons. The summed E-state index contributed by atoms with van der Waals surface area (Å²) < 4.78 is 26.9. The molecule has 0 atom stereocenters. The number of anilines is 1. The Morgan fingerprint density at radius 1 is 1.17 bits per heavy atom. The maximum Gasteiger partial charge on any atom is 0.284 e. The van der Waals surface area contributed by atoms with Gasteiger partial charge in [-0.2, -0.15) is 11.3 Å². The Balaban J connectivity index is 1.67. The van der Waals surface area contributed by atoms with Crippen LogP contribution in [0, 0.1) is 0 Å². The van der Waals surface area contributed by atoms with E-state index < -0.39 is 16.3 Å². The molecule has 0 bridgehead atoms. The first-order valence-electron chi connectivity index (χ1n) is 8.80. The maximum absolute atomic E-state index is 13.4. The van der Waals surface area contributed by atoms with Gasteiger partial charge in [-0.25, -0.2) is 4.68 Å². The second kappa shape index (κ2) is 7.15. The van der Waals surface area contributed by atoms with Crippen molar-refractivity contribution in [2.75, 3.05) is 10.7 Å². The van der Waals surface area contributed by atoms with Crippen LogP contribution in [0.15, 0.2) is 66.6 Å². The molecule has 11 heteroatoms. The van der Waals surface area contributed by atoms with Gasteiger partial charge in [0.1, 0.15) is 10.5 Å². The Bertz CT molecular complexity index is 1340. The lowest BCUT2D eigenvalue weighted by Gasteiger charge is -2.34. The molecule has 1 aliphatic heterocycles. The van der Waals surface area contributed by atoms with Crippen molar-refractivity contribution in [3.8, 4) is 5.75 Å². The molecule has 4 aromatic rings. The van der Waals surface area contributed by atoms with E-state index >= 15 is 0 Å². The van der Waals surface area contributed by atoms with E-state index in [1.807, 2.05) is 16.8 Å². The number of para-hydroxylation sites is 1. The minimum absolute atomic E-state index is 0.0856. The molecule has 0 saturated heterocycles. The third kappa shape index (κ3) is 3.07. The van der Waals surface area contributed by atoms with Crippen LogP contribution in [-0.4, -0.2) is 24.7 Å². The molecule has 0 unspecified atom stereocenters. The third-order valence-corrected chi connectivity index (χ3v) is 7.69. The Morgan fingerprint density at radius 3 is 2.80 bits per heavy atom. The highest BCUT2D eigenvalue weighted by atomic mass is 32.3. The number of amidine groups is 1. The van der Waals surface area contributed by atoms with Crippen LogP contribution in [-0.2, 0) is 6.54 Å². The topological polar surface area (TPSA) is 119 Å². The highest BCUT2D eigenvalue weighted by Gasteiger charge is 2.30. The minimum atomic E-state index is -3.52. The van der Waals surface area contributed by atoms with Crippen molar-refractivity contribution < 1.29 is 14.2 Å². The second-order valence-electron chi connectivity index (χ2n) is 6.55. The molecule has 30 heavy (non-hydrogen) atoms. The van der Waals surface area contributed by atoms with Gasteiger partial charge >= 0.3 is 0 Å². The van der Waals surface area contributed by atoms with Crippen molar-refractivity contribution in [1.29, 1.82) is 0 Å². The van der Waals surface area contributed by atoms with Crippen LogP contribution < -0.4 is 16.3 Å². The van der Waals surface area contributed by atoms with E-state index in [2.05, 4.69) is 15.1 Å². The van der Waals surface area contributed by atoms with Crippen LogP contribution in [0.1, 0.15) is 11.1 Å². The highest BCUT2D eigenvalue weighted by Crippen LogP contribution is 2.55. The quantitative estimate of drug-likeness (QED) is 0.307. The number of fused-ring (bicyclic) bond motifs is 2. The lowest BCUT2D eigenvalue weighted by atomic mass is 10.2. The lowest BCUT2D eigenvalue weighted by molar-refractivity contribution is 0.479. The zero-order valence-electron chi connectivity index (χ0n) is 15.3. The molecule has 0 amide bonds. The molecule has 5 N–H and O–H groups in total. The smallest absolute Gasteiger partial charge is 0.284 e. The van der Waals surface area contributed by atoms with Gasteiger partial charge in [0.2, 0.25) is 0 Å². The Kier molecular flexibility index (Phi) is 4.56. The van der Waals surface area contributed by atoms with Gasteiger partial charge in [-0.1, -0.05) is 22.9 Å². The molecule has 1 aliphatic rings. The van der Waals surface area contributed by atoms with E-state index in [-0.39, 0.29) is 22.0 Å². The molecular weight excluding hydrogens is 444 g/mol. The molecule has 8 nitrogen and oxygen atoms in total. The molecule has 0 aliphatic carbocycles. The minimum Gasteiger partial charge on any atom is -0.505 e. The monoisotopic (exact) mass is 460 g/mol. The molecule has 0 saturated carbocycles. The number of nitrogens with one attached hydrogen (secondary N) is 2. The van der Waals surface area contributed by atoms with Crippen LogP contribution in [0.4, 0.5) is 5.69 Å². The van der Waals surface area contributed by atoms with Gasteiger partial charge in [0, 0.05) is 0 Å². The van der Waals surface area contributed by atoms with Crippen LogP contribution in [0.3, 0.4) is 0 Å². The van der Waals surface area contributed by atoms with Crippen LogP contribution >= 0.6 is 33.4 Å². The number of nitrogens with zero attached hydrogens (tertiary/aromatic N) is 2. The van der Waals surface area contributed by atoms with E-state index in [1.54, 1.807) is 47.0 Å². The molecule has 0 spiro atoms. The van der Waals surface area contributed by atoms with E-state index in [9.17, 15) is 19.0 Å². The first-order chi connectivity index (χ1) is 14.5. The van der Waals surface area contributed by atoms with Crippen molar-refractivity contribution in [2.24, 2.45) is 4.40 Å². The zero-order valence-corrected chi connectivity index (χ0v) is 17.7. The summed E-state index contributed by atoms with van der Waals surface area (Å²) in [6.07, 6.45) is 0. The number of rotatable bonds is 4. The summed E-state index contributed by atoms with van der Waals surface area (Å²) in [5.41, 5.74) is 4.39. The Labute approximate surface area is 180 Å². The summed E-state index contributed by atoms with van der Waals surface area (Å²) in [6, 6.07) is 10.3. The summed E-state index contributed by atoms with van der Waals surface area (Å²) in [4.78, 5) is 13.6.